The van der Waals surface area contributed by atoms with E-state index in [9.17, 15) is 0 Å². The van der Waals surface area contributed by atoms with Crippen LogP contribution >= 0.6 is 10.2 Å². The van der Waals surface area contributed by atoms with E-state index in [4.69, 9.17) is 0 Å². The van der Waals surface area contributed by atoms with Gasteiger partial charge in [-0.1, -0.05) is 0 Å². The van der Waals surface area contributed by atoms with Gasteiger partial charge in [0.15, 0.2) is 0 Å². The number of benzene rings is 1. The van der Waals surface area contributed by atoms with Gasteiger partial charge in [-0.3, -0.25) is 0 Å². The van der Waals surface area contributed by atoms with Crippen molar-refractivity contribution in [2.24, 2.45) is 0 Å². The molecule has 0 atom stereocenters. The maximum atomic E-state index is 2.28. The number of hydrogen-bond donors (Lipinski definition) is 0. The average Bonchev–Trinajstić information content (AvgIpc) is 2.34. The Labute approximate surface area is 110 Å². The number of rotatable bonds is 9. The van der Waals surface area contributed by atoms with Crippen molar-refractivity contribution in [2.75, 3.05) is 5.75 Å². The standard InChI is InChI=1S/C14H22SSe/c1-2-3-4-5-9-12-15-16-13-14-10-7-6-8-11-14/h6-8,10-11H,2-5,9,12-13H2,1H3. The Morgan fingerprint density at radius 1 is 1.00 bits per heavy atom. The number of hydrogen-bond acceptors (Lipinski definition) is 1. The first kappa shape index (κ1) is 14.2. The predicted molar refractivity (Wildman–Crippen MR) is 77.1 cm³/mol. The average molecular weight is 301 g/mol. The molecule has 1 rings (SSSR count). The van der Waals surface area contributed by atoms with E-state index in [1.54, 1.807) is 0 Å². The molecule has 0 N–H and O–H groups in total. The Kier molecular flexibility index (Phi) is 9.07. The third kappa shape index (κ3) is 7.38. The SMILES string of the molecule is CCCCCCCS[Se]Cc1ccccc1. The minimum absolute atomic E-state index is 0.742. The summed E-state index contributed by atoms with van der Waals surface area (Å²) in [6.07, 6.45) is 7.05. The van der Waals surface area contributed by atoms with Gasteiger partial charge in [0.05, 0.1) is 0 Å². The summed E-state index contributed by atoms with van der Waals surface area (Å²) < 4.78 is 0. The first-order valence-electron chi connectivity index (χ1n) is 6.22. The molecule has 0 aromatic heterocycles. The third-order valence-electron chi connectivity index (χ3n) is 2.48. The normalized spacial score (nSPS) is 10.6. The van der Waals surface area contributed by atoms with Crippen LogP contribution in [-0.4, -0.2) is 19.6 Å². The van der Waals surface area contributed by atoms with E-state index < -0.39 is 0 Å². The molecule has 16 heavy (non-hydrogen) atoms. The topological polar surface area (TPSA) is 0 Å². The Balaban J connectivity index is 1.89. The summed E-state index contributed by atoms with van der Waals surface area (Å²) >= 11 is 0.742. The summed E-state index contributed by atoms with van der Waals surface area (Å²) in [5.41, 5.74) is 1.50. The molecule has 0 bridgehead atoms. The zero-order valence-corrected chi connectivity index (χ0v) is 12.7. The van der Waals surface area contributed by atoms with Gasteiger partial charge in [-0.15, -0.1) is 0 Å². The van der Waals surface area contributed by atoms with Gasteiger partial charge in [0, 0.05) is 0 Å². The van der Waals surface area contributed by atoms with E-state index in [-0.39, 0.29) is 0 Å². The van der Waals surface area contributed by atoms with Crippen molar-refractivity contribution in [1.29, 1.82) is 0 Å². The fourth-order valence-electron chi connectivity index (χ4n) is 1.51. The zero-order valence-electron chi connectivity index (χ0n) is 10.2. The van der Waals surface area contributed by atoms with Crippen LogP contribution in [0.15, 0.2) is 30.3 Å². The Bertz CT molecular complexity index is 248. The molecule has 2 heteroatoms. The van der Waals surface area contributed by atoms with E-state index in [1.807, 2.05) is 0 Å². The van der Waals surface area contributed by atoms with E-state index in [0.717, 1.165) is 13.8 Å². The molecular formula is C14H22SSe. The van der Waals surface area contributed by atoms with Crippen molar-refractivity contribution in [3.05, 3.63) is 35.9 Å². The molecule has 0 unspecified atom stereocenters. The first-order chi connectivity index (χ1) is 7.93. The summed E-state index contributed by atoms with van der Waals surface area (Å²) in [6, 6.07) is 10.9. The number of unbranched alkanes of at least 4 members (excludes halogenated alkanes) is 4. The van der Waals surface area contributed by atoms with Gasteiger partial charge in [0.25, 0.3) is 0 Å². The molecule has 0 saturated carbocycles. The summed E-state index contributed by atoms with van der Waals surface area (Å²) in [7, 11) is 2.17. The van der Waals surface area contributed by atoms with Crippen LogP contribution in [0.4, 0.5) is 0 Å². The molecule has 0 fully saturated rings. The molecule has 0 radical (unpaired) electrons. The second kappa shape index (κ2) is 10.3. The molecule has 1 aromatic rings. The van der Waals surface area contributed by atoms with Crippen molar-refractivity contribution in [3.8, 4) is 0 Å². The van der Waals surface area contributed by atoms with Crippen LogP contribution in [-0.2, 0) is 5.32 Å². The maximum absolute atomic E-state index is 2.28. The second-order valence-electron chi connectivity index (χ2n) is 3.98. The second-order valence-corrected chi connectivity index (χ2v) is 8.44. The van der Waals surface area contributed by atoms with Gasteiger partial charge < -0.3 is 0 Å². The Morgan fingerprint density at radius 3 is 2.50 bits per heavy atom. The van der Waals surface area contributed by atoms with Crippen molar-refractivity contribution in [2.45, 2.75) is 44.3 Å². The van der Waals surface area contributed by atoms with Crippen LogP contribution in [0.3, 0.4) is 0 Å². The van der Waals surface area contributed by atoms with Crippen LogP contribution < -0.4 is 0 Å². The van der Waals surface area contributed by atoms with E-state index in [0.29, 0.717) is 0 Å². The predicted octanol–water partition coefficient (Wildman–Crippen LogP) is 4.51. The van der Waals surface area contributed by atoms with E-state index >= 15 is 0 Å². The summed E-state index contributed by atoms with van der Waals surface area (Å²) in [6.45, 7) is 2.28. The van der Waals surface area contributed by atoms with Crippen LogP contribution in [0.5, 0.6) is 0 Å². The van der Waals surface area contributed by atoms with Crippen LogP contribution in [0, 0.1) is 0 Å². The van der Waals surface area contributed by atoms with Crippen molar-refractivity contribution >= 4 is 24.0 Å². The quantitative estimate of drug-likeness (QED) is 0.478. The molecule has 0 spiro atoms. The molecule has 0 nitrogen and oxygen atoms in total. The van der Waals surface area contributed by atoms with Crippen molar-refractivity contribution < 1.29 is 0 Å². The minimum atomic E-state index is 0.742. The molecular weight excluding hydrogens is 279 g/mol. The van der Waals surface area contributed by atoms with Crippen LogP contribution in [0.1, 0.15) is 44.6 Å². The summed E-state index contributed by atoms with van der Waals surface area (Å²) in [4.78, 5) is 0. The van der Waals surface area contributed by atoms with Crippen LogP contribution in [0.25, 0.3) is 0 Å². The molecule has 0 heterocycles. The van der Waals surface area contributed by atoms with Gasteiger partial charge in [0.2, 0.25) is 0 Å². The fraction of sp³-hybridized carbons (Fsp3) is 0.571. The summed E-state index contributed by atoms with van der Waals surface area (Å²) in [5.74, 6) is 1.37. The van der Waals surface area contributed by atoms with E-state index in [2.05, 4.69) is 47.4 Å². The van der Waals surface area contributed by atoms with Crippen LogP contribution in [0.2, 0.25) is 0 Å². The third-order valence-corrected chi connectivity index (χ3v) is 6.76. The Hall–Kier alpha value is 0.0895. The van der Waals surface area contributed by atoms with Crippen molar-refractivity contribution in [3.63, 3.8) is 0 Å². The zero-order chi connectivity index (χ0) is 11.5. The molecule has 0 aliphatic carbocycles. The molecule has 0 amide bonds. The first-order valence-corrected chi connectivity index (χ1v) is 10.4. The van der Waals surface area contributed by atoms with Gasteiger partial charge in [-0.05, 0) is 0 Å². The van der Waals surface area contributed by atoms with E-state index in [1.165, 1.54) is 48.7 Å². The van der Waals surface area contributed by atoms with Gasteiger partial charge >= 0.3 is 110 Å². The fourth-order valence-corrected chi connectivity index (χ4v) is 5.44. The molecule has 0 aliphatic heterocycles. The Morgan fingerprint density at radius 2 is 1.75 bits per heavy atom. The monoisotopic (exact) mass is 302 g/mol. The molecule has 1 aromatic carbocycles. The van der Waals surface area contributed by atoms with Gasteiger partial charge in [-0.2, -0.15) is 0 Å². The molecule has 90 valence electrons. The van der Waals surface area contributed by atoms with Gasteiger partial charge in [-0.25, -0.2) is 0 Å². The molecule has 0 saturated heterocycles. The van der Waals surface area contributed by atoms with Gasteiger partial charge in [0.1, 0.15) is 0 Å². The van der Waals surface area contributed by atoms with Crippen molar-refractivity contribution in [1.82, 2.24) is 0 Å². The molecule has 0 aliphatic rings. The summed E-state index contributed by atoms with van der Waals surface area (Å²) in [5, 5.41) is 1.29.